The summed E-state index contributed by atoms with van der Waals surface area (Å²) < 4.78 is 12.5. The van der Waals surface area contributed by atoms with Crippen molar-refractivity contribution in [1.29, 1.82) is 0 Å². The second-order valence-corrected chi connectivity index (χ2v) is 8.66. The van der Waals surface area contributed by atoms with Crippen molar-refractivity contribution in [2.45, 2.75) is 31.6 Å². The molecule has 5 rings (SSSR count). The standard InChI is InChI=1S/C24H20N2O4S/c27-15-30-24(12-5-13-24)26-23(28)18-11-10-16-6-1-2-7-17(16)22(18)29-14-21-25-19-8-3-4-9-20(19)31-21/h1-4,6-11,15H,5,12-14H2,(H,26,28). The highest BCUT2D eigenvalue weighted by Crippen LogP contribution is 2.35. The van der Waals surface area contributed by atoms with Crippen molar-refractivity contribution in [2.24, 2.45) is 0 Å². The summed E-state index contributed by atoms with van der Waals surface area (Å²) >= 11 is 1.57. The molecule has 1 aliphatic carbocycles. The van der Waals surface area contributed by atoms with Crippen LogP contribution in [-0.4, -0.2) is 23.1 Å². The van der Waals surface area contributed by atoms with E-state index in [-0.39, 0.29) is 12.5 Å². The minimum absolute atomic E-state index is 0.254. The Morgan fingerprint density at radius 1 is 1.10 bits per heavy atom. The van der Waals surface area contributed by atoms with Crippen LogP contribution in [0.2, 0.25) is 0 Å². The van der Waals surface area contributed by atoms with Crippen molar-refractivity contribution in [3.8, 4) is 5.75 Å². The first-order valence-electron chi connectivity index (χ1n) is 10.1. The summed E-state index contributed by atoms with van der Waals surface area (Å²) in [6.45, 7) is 0.647. The molecule has 6 nitrogen and oxygen atoms in total. The lowest BCUT2D eigenvalue weighted by molar-refractivity contribution is -0.156. The molecule has 0 unspecified atom stereocenters. The van der Waals surface area contributed by atoms with Gasteiger partial charge in [0.1, 0.15) is 17.4 Å². The minimum Gasteiger partial charge on any atom is -0.485 e. The summed E-state index contributed by atoms with van der Waals surface area (Å²) in [5.74, 6) is 0.169. The third kappa shape index (κ3) is 3.72. The monoisotopic (exact) mass is 432 g/mol. The molecule has 31 heavy (non-hydrogen) atoms. The SMILES string of the molecule is O=COC1(NC(=O)c2ccc3ccccc3c2OCc2nc3ccccc3s2)CCC1. The first kappa shape index (κ1) is 19.5. The lowest BCUT2D eigenvalue weighted by Crippen LogP contribution is -2.55. The van der Waals surface area contributed by atoms with E-state index in [4.69, 9.17) is 9.47 Å². The van der Waals surface area contributed by atoms with E-state index in [1.165, 1.54) is 0 Å². The number of nitrogens with one attached hydrogen (secondary N) is 1. The predicted octanol–water partition coefficient (Wildman–Crippen LogP) is 4.81. The molecule has 7 heteroatoms. The highest BCUT2D eigenvalue weighted by atomic mass is 32.1. The molecule has 0 radical (unpaired) electrons. The van der Waals surface area contributed by atoms with E-state index >= 15 is 0 Å². The molecule has 1 N–H and O–H groups in total. The molecule has 1 aromatic heterocycles. The average molecular weight is 433 g/mol. The van der Waals surface area contributed by atoms with Crippen molar-refractivity contribution >= 4 is 44.7 Å². The first-order valence-corrected chi connectivity index (χ1v) is 10.9. The van der Waals surface area contributed by atoms with Crippen LogP contribution in [0.15, 0.2) is 60.7 Å². The smallest absolute Gasteiger partial charge is 0.295 e. The highest BCUT2D eigenvalue weighted by Gasteiger charge is 2.41. The summed E-state index contributed by atoms with van der Waals surface area (Å²) in [5.41, 5.74) is 0.412. The van der Waals surface area contributed by atoms with E-state index < -0.39 is 5.72 Å². The molecule has 0 atom stereocenters. The molecule has 1 aliphatic rings. The van der Waals surface area contributed by atoms with Crippen molar-refractivity contribution in [2.75, 3.05) is 0 Å². The number of thiazole rings is 1. The Morgan fingerprint density at radius 3 is 2.68 bits per heavy atom. The maximum absolute atomic E-state index is 13.1. The number of nitrogens with zero attached hydrogens (tertiary/aromatic N) is 1. The quantitative estimate of drug-likeness (QED) is 0.335. The molecule has 1 saturated carbocycles. The van der Waals surface area contributed by atoms with Gasteiger partial charge in [0.2, 0.25) is 0 Å². The molecular formula is C24H20N2O4S. The largest absolute Gasteiger partial charge is 0.485 e. The van der Waals surface area contributed by atoms with Crippen LogP contribution in [0.25, 0.3) is 21.0 Å². The molecule has 1 fully saturated rings. The number of rotatable bonds is 7. The van der Waals surface area contributed by atoms with Crippen molar-refractivity contribution in [3.63, 3.8) is 0 Å². The van der Waals surface area contributed by atoms with Crippen LogP contribution in [0.4, 0.5) is 0 Å². The number of hydrogen-bond donors (Lipinski definition) is 1. The Kier molecular flexibility index (Phi) is 5.03. The van der Waals surface area contributed by atoms with Gasteiger partial charge in [-0.1, -0.05) is 42.5 Å². The third-order valence-corrected chi connectivity index (χ3v) is 6.59. The van der Waals surface area contributed by atoms with Gasteiger partial charge in [-0.15, -0.1) is 11.3 Å². The molecule has 4 aromatic rings. The molecule has 0 bridgehead atoms. The summed E-state index contributed by atoms with van der Waals surface area (Å²) in [4.78, 5) is 28.7. The predicted molar refractivity (Wildman–Crippen MR) is 119 cm³/mol. The fourth-order valence-electron chi connectivity index (χ4n) is 3.83. The summed E-state index contributed by atoms with van der Waals surface area (Å²) in [5, 5.41) is 5.54. The van der Waals surface area contributed by atoms with Gasteiger partial charge in [-0.25, -0.2) is 4.98 Å². The van der Waals surface area contributed by atoms with Crippen molar-refractivity contribution in [3.05, 3.63) is 71.2 Å². The third-order valence-electron chi connectivity index (χ3n) is 5.58. The van der Waals surface area contributed by atoms with Gasteiger partial charge in [0.15, 0.2) is 5.72 Å². The van der Waals surface area contributed by atoms with Crippen LogP contribution in [0, 0.1) is 0 Å². The number of amides is 1. The summed E-state index contributed by atoms with van der Waals surface area (Å²) in [6, 6.07) is 19.3. The van der Waals surface area contributed by atoms with Crippen LogP contribution in [0.1, 0.15) is 34.6 Å². The lowest BCUT2D eigenvalue weighted by Gasteiger charge is -2.40. The van der Waals surface area contributed by atoms with Gasteiger partial charge in [0, 0.05) is 18.2 Å². The molecule has 3 aromatic carbocycles. The lowest BCUT2D eigenvalue weighted by atomic mass is 9.87. The average Bonchev–Trinajstić information content (AvgIpc) is 3.18. The minimum atomic E-state index is -0.922. The zero-order valence-electron chi connectivity index (χ0n) is 16.7. The second-order valence-electron chi connectivity index (χ2n) is 7.54. The highest BCUT2D eigenvalue weighted by molar-refractivity contribution is 7.18. The van der Waals surface area contributed by atoms with Gasteiger partial charge < -0.3 is 14.8 Å². The molecule has 156 valence electrons. The second kappa shape index (κ2) is 8.00. The van der Waals surface area contributed by atoms with Gasteiger partial charge in [0.25, 0.3) is 12.4 Å². The van der Waals surface area contributed by atoms with Gasteiger partial charge in [-0.2, -0.15) is 0 Å². The Labute approximate surface area is 182 Å². The van der Waals surface area contributed by atoms with E-state index in [1.54, 1.807) is 17.4 Å². The van der Waals surface area contributed by atoms with Gasteiger partial charge in [-0.3, -0.25) is 9.59 Å². The van der Waals surface area contributed by atoms with Gasteiger partial charge in [-0.05, 0) is 30.0 Å². The van der Waals surface area contributed by atoms with Crippen LogP contribution < -0.4 is 10.1 Å². The molecule has 1 amide bonds. The van der Waals surface area contributed by atoms with Crippen molar-refractivity contribution < 1.29 is 19.1 Å². The number of benzene rings is 3. The Hall–Kier alpha value is -3.45. The van der Waals surface area contributed by atoms with E-state index in [9.17, 15) is 9.59 Å². The zero-order valence-corrected chi connectivity index (χ0v) is 17.5. The van der Waals surface area contributed by atoms with E-state index in [2.05, 4.69) is 10.3 Å². The number of para-hydroxylation sites is 1. The number of carbonyl (C=O) groups is 2. The zero-order chi connectivity index (χ0) is 21.3. The summed E-state index contributed by atoms with van der Waals surface area (Å²) in [6.07, 6.45) is 2.10. The van der Waals surface area contributed by atoms with Gasteiger partial charge in [0.05, 0.1) is 15.8 Å². The van der Waals surface area contributed by atoms with E-state index in [0.29, 0.717) is 30.6 Å². The maximum atomic E-state index is 13.1. The molecule has 0 saturated heterocycles. The fourth-order valence-corrected chi connectivity index (χ4v) is 4.71. The van der Waals surface area contributed by atoms with Crippen molar-refractivity contribution in [1.82, 2.24) is 10.3 Å². The Morgan fingerprint density at radius 2 is 1.90 bits per heavy atom. The van der Waals surface area contributed by atoms with Crippen LogP contribution >= 0.6 is 11.3 Å². The number of hydrogen-bond acceptors (Lipinski definition) is 6. The van der Waals surface area contributed by atoms with E-state index in [0.717, 1.165) is 32.4 Å². The first-order chi connectivity index (χ1) is 15.2. The Bertz CT molecular complexity index is 1250. The van der Waals surface area contributed by atoms with Crippen LogP contribution in [0.5, 0.6) is 5.75 Å². The topological polar surface area (TPSA) is 77.5 Å². The van der Waals surface area contributed by atoms with Crippen LogP contribution in [0.3, 0.4) is 0 Å². The van der Waals surface area contributed by atoms with Gasteiger partial charge >= 0.3 is 0 Å². The number of carbonyl (C=O) groups excluding carboxylic acids is 2. The van der Waals surface area contributed by atoms with Crippen LogP contribution in [-0.2, 0) is 16.1 Å². The number of fused-ring (bicyclic) bond motifs is 2. The Balaban J connectivity index is 1.47. The fraction of sp³-hybridized carbons (Fsp3) is 0.208. The van der Waals surface area contributed by atoms with E-state index in [1.807, 2.05) is 54.6 Å². The molecule has 0 spiro atoms. The molecule has 1 heterocycles. The molecular weight excluding hydrogens is 412 g/mol. The number of aromatic nitrogens is 1. The number of ether oxygens (including phenoxy) is 2. The maximum Gasteiger partial charge on any atom is 0.295 e. The molecule has 0 aliphatic heterocycles. The summed E-state index contributed by atoms with van der Waals surface area (Å²) in [7, 11) is 0. The normalized spacial score (nSPS) is 14.7.